The van der Waals surface area contributed by atoms with Crippen molar-refractivity contribution in [2.24, 2.45) is 0 Å². The maximum absolute atomic E-state index is 12.5. The average Bonchev–Trinajstić information content (AvgIpc) is 2.50. The molecule has 0 radical (unpaired) electrons. The van der Waals surface area contributed by atoms with Crippen LogP contribution in [0.2, 0.25) is 0 Å². The number of hydrogen-bond donors (Lipinski definition) is 0. The van der Waals surface area contributed by atoms with E-state index >= 15 is 0 Å². The summed E-state index contributed by atoms with van der Waals surface area (Å²) in [6, 6.07) is 9.80. The van der Waals surface area contributed by atoms with Gasteiger partial charge in [-0.25, -0.2) is 4.79 Å². The van der Waals surface area contributed by atoms with Crippen LogP contribution in [-0.4, -0.2) is 30.6 Å². The fourth-order valence-corrected chi connectivity index (χ4v) is 2.70. The van der Waals surface area contributed by atoms with Gasteiger partial charge < -0.3 is 4.74 Å². The SMILES string of the molecule is CCCCOC(=O)[C@H](c1ccccc1)N1CCCCC1. The van der Waals surface area contributed by atoms with Crippen molar-refractivity contribution in [3.05, 3.63) is 35.9 Å². The second kappa shape index (κ2) is 8.05. The van der Waals surface area contributed by atoms with Crippen LogP contribution in [-0.2, 0) is 9.53 Å². The topological polar surface area (TPSA) is 29.5 Å². The molecule has 1 saturated heterocycles. The summed E-state index contributed by atoms with van der Waals surface area (Å²) in [5, 5.41) is 0. The van der Waals surface area contributed by atoms with Crippen LogP contribution in [0.4, 0.5) is 0 Å². The number of unbranched alkanes of at least 4 members (excludes halogenated alkanes) is 1. The van der Waals surface area contributed by atoms with Gasteiger partial charge in [0.15, 0.2) is 0 Å². The lowest BCUT2D eigenvalue weighted by Gasteiger charge is -2.33. The molecule has 20 heavy (non-hydrogen) atoms. The number of likely N-dealkylation sites (tertiary alicyclic amines) is 1. The summed E-state index contributed by atoms with van der Waals surface area (Å²) in [6.45, 7) is 4.62. The minimum absolute atomic E-state index is 0.0912. The van der Waals surface area contributed by atoms with Crippen molar-refractivity contribution in [2.45, 2.75) is 45.1 Å². The summed E-state index contributed by atoms with van der Waals surface area (Å²) in [6.07, 6.45) is 5.60. The highest BCUT2D eigenvalue weighted by Crippen LogP contribution is 2.25. The first-order valence-electron chi connectivity index (χ1n) is 7.78. The maximum Gasteiger partial charge on any atom is 0.328 e. The monoisotopic (exact) mass is 275 g/mol. The molecule has 1 aliphatic rings. The molecule has 2 rings (SSSR count). The second-order valence-corrected chi connectivity index (χ2v) is 5.43. The van der Waals surface area contributed by atoms with E-state index in [1.165, 1.54) is 19.3 Å². The van der Waals surface area contributed by atoms with Gasteiger partial charge >= 0.3 is 5.97 Å². The number of nitrogens with zero attached hydrogens (tertiary/aromatic N) is 1. The molecule has 0 unspecified atom stereocenters. The van der Waals surface area contributed by atoms with E-state index in [0.717, 1.165) is 31.5 Å². The molecule has 0 amide bonds. The molecule has 0 bridgehead atoms. The van der Waals surface area contributed by atoms with E-state index in [1.54, 1.807) is 0 Å². The van der Waals surface area contributed by atoms with E-state index in [4.69, 9.17) is 4.74 Å². The smallest absolute Gasteiger partial charge is 0.328 e. The van der Waals surface area contributed by atoms with Crippen molar-refractivity contribution in [1.29, 1.82) is 0 Å². The second-order valence-electron chi connectivity index (χ2n) is 5.43. The Morgan fingerprint density at radius 2 is 1.90 bits per heavy atom. The van der Waals surface area contributed by atoms with E-state index < -0.39 is 0 Å². The predicted octanol–water partition coefficient (Wildman–Crippen LogP) is 3.56. The van der Waals surface area contributed by atoms with Crippen LogP contribution in [0.15, 0.2) is 30.3 Å². The molecule has 110 valence electrons. The minimum Gasteiger partial charge on any atom is -0.464 e. The van der Waals surface area contributed by atoms with E-state index in [-0.39, 0.29) is 12.0 Å². The lowest BCUT2D eigenvalue weighted by molar-refractivity contribution is -0.151. The van der Waals surface area contributed by atoms with Crippen molar-refractivity contribution in [2.75, 3.05) is 19.7 Å². The Morgan fingerprint density at radius 1 is 1.20 bits per heavy atom. The first kappa shape index (κ1) is 15.0. The molecule has 1 aromatic carbocycles. The Morgan fingerprint density at radius 3 is 2.55 bits per heavy atom. The molecule has 0 spiro atoms. The normalized spacial score (nSPS) is 17.6. The van der Waals surface area contributed by atoms with Gasteiger partial charge in [0.1, 0.15) is 6.04 Å². The van der Waals surface area contributed by atoms with Crippen LogP contribution < -0.4 is 0 Å². The van der Waals surface area contributed by atoms with Gasteiger partial charge in [-0.3, -0.25) is 4.90 Å². The Hall–Kier alpha value is -1.35. The van der Waals surface area contributed by atoms with Crippen molar-refractivity contribution in [3.63, 3.8) is 0 Å². The number of piperidine rings is 1. The van der Waals surface area contributed by atoms with Gasteiger partial charge in [-0.15, -0.1) is 0 Å². The molecule has 3 heteroatoms. The van der Waals surface area contributed by atoms with Crippen LogP contribution in [0.1, 0.15) is 50.6 Å². The van der Waals surface area contributed by atoms with Gasteiger partial charge in [0.05, 0.1) is 6.61 Å². The molecular formula is C17H25NO2. The number of ether oxygens (including phenoxy) is 1. The Balaban J connectivity index is 2.09. The number of esters is 1. The van der Waals surface area contributed by atoms with Gasteiger partial charge in [-0.2, -0.15) is 0 Å². The summed E-state index contributed by atoms with van der Waals surface area (Å²) >= 11 is 0. The third kappa shape index (κ3) is 4.07. The number of carbonyl (C=O) groups excluding carboxylic acids is 1. The van der Waals surface area contributed by atoms with Gasteiger partial charge in [0, 0.05) is 0 Å². The van der Waals surface area contributed by atoms with Crippen molar-refractivity contribution in [3.8, 4) is 0 Å². The lowest BCUT2D eigenvalue weighted by atomic mass is 10.0. The third-order valence-electron chi connectivity index (χ3n) is 3.84. The highest BCUT2D eigenvalue weighted by molar-refractivity contribution is 5.77. The van der Waals surface area contributed by atoms with Crippen LogP contribution >= 0.6 is 0 Å². The van der Waals surface area contributed by atoms with E-state index in [1.807, 2.05) is 30.3 Å². The van der Waals surface area contributed by atoms with Crippen LogP contribution in [0.25, 0.3) is 0 Å². The van der Waals surface area contributed by atoms with Gasteiger partial charge in [0.2, 0.25) is 0 Å². The van der Waals surface area contributed by atoms with Gasteiger partial charge in [-0.1, -0.05) is 50.1 Å². The molecular weight excluding hydrogens is 250 g/mol. The van der Waals surface area contributed by atoms with Crippen LogP contribution in [0.5, 0.6) is 0 Å². The number of hydrogen-bond acceptors (Lipinski definition) is 3. The first-order valence-corrected chi connectivity index (χ1v) is 7.78. The molecule has 0 N–H and O–H groups in total. The van der Waals surface area contributed by atoms with Gasteiger partial charge in [0.25, 0.3) is 0 Å². The molecule has 3 nitrogen and oxygen atoms in total. The molecule has 0 aromatic heterocycles. The quantitative estimate of drug-likeness (QED) is 0.587. The summed E-state index contributed by atoms with van der Waals surface area (Å²) in [5.41, 5.74) is 1.05. The first-order chi connectivity index (χ1) is 9.83. The highest BCUT2D eigenvalue weighted by Gasteiger charge is 2.29. The summed E-state index contributed by atoms with van der Waals surface area (Å²) in [7, 11) is 0. The Kier molecular flexibility index (Phi) is 6.06. The molecule has 0 aliphatic carbocycles. The third-order valence-corrected chi connectivity index (χ3v) is 3.84. The Bertz CT molecular complexity index is 399. The zero-order valence-corrected chi connectivity index (χ0v) is 12.4. The van der Waals surface area contributed by atoms with E-state index in [0.29, 0.717) is 6.61 Å². The van der Waals surface area contributed by atoms with Crippen molar-refractivity contribution in [1.82, 2.24) is 4.90 Å². The zero-order valence-electron chi connectivity index (χ0n) is 12.4. The van der Waals surface area contributed by atoms with E-state index in [9.17, 15) is 4.79 Å². The molecule has 0 saturated carbocycles. The summed E-state index contributed by atoms with van der Waals surface area (Å²) in [5.74, 6) is -0.0912. The zero-order chi connectivity index (χ0) is 14.2. The van der Waals surface area contributed by atoms with Crippen LogP contribution in [0, 0.1) is 0 Å². The van der Waals surface area contributed by atoms with Gasteiger partial charge in [-0.05, 0) is 37.9 Å². The summed E-state index contributed by atoms with van der Waals surface area (Å²) < 4.78 is 5.47. The number of carbonyl (C=O) groups is 1. The molecule has 1 aromatic rings. The molecule has 1 atom stereocenters. The predicted molar refractivity (Wildman–Crippen MR) is 80.5 cm³/mol. The standard InChI is InChI=1S/C17H25NO2/c1-2-3-14-20-17(19)16(15-10-6-4-7-11-15)18-12-8-5-9-13-18/h4,6-7,10-11,16H,2-3,5,8-9,12-14H2,1H3/t16-/m0/s1. The number of rotatable bonds is 6. The van der Waals surface area contributed by atoms with Crippen molar-refractivity contribution >= 4 is 5.97 Å². The number of benzene rings is 1. The van der Waals surface area contributed by atoms with Crippen LogP contribution in [0.3, 0.4) is 0 Å². The fraction of sp³-hybridized carbons (Fsp3) is 0.588. The molecule has 1 fully saturated rings. The molecule has 1 heterocycles. The largest absolute Gasteiger partial charge is 0.464 e. The Labute approximate surface area is 121 Å². The maximum atomic E-state index is 12.5. The van der Waals surface area contributed by atoms with Crippen molar-refractivity contribution < 1.29 is 9.53 Å². The molecule has 1 aliphatic heterocycles. The summed E-state index contributed by atoms with van der Waals surface area (Å²) in [4.78, 5) is 14.7. The highest BCUT2D eigenvalue weighted by atomic mass is 16.5. The lowest BCUT2D eigenvalue weighted by Crippen LogP contribution is -2.38. The fourth-order valence-electron chi connectivity index (χ4n) is 2.70. The van der Waals surface area contributed by atoms with E-state index in [2.05, 4.69) is 11.8 Å². The average molecular weight is 275 g/mol. The minimum atomic E-state index is -0.228.